The lowest BCUT2D eigenvalue weighted by Gasteiger charge is -2.17. The number of carboxylic acid groups (broad SMARTS) is 1. The number of amides is 2. The van der Waals surface area contributed by atoms with Crippen LogP contribution in [0.15, 0.2) is 18.2 Å². The first-order chi connectivity index (χ1) is 10.0. The third-order valence-electron chi connectivity index (χ3n) is 3.77. The Morgan fingerprint density at radius 3 is 2.76 bits per heavy atom. The number of carbonyl (C=O) groups is 3. The van der Waals surface area contributed by atoms with Crippen LogP contribution in [0.1, 0.15) is 35.2 Å². The number of aromatic carboxylic acids is 1. The predicted molar refractivity (Wildman–Crippen MR) is 75.2 cm³/mol. The zero-order valence-corrected chi connectivity index (χ0v) is 11.5. The number of fused-ring (bicyclic) bond motifs is 1. The van der Waals surface area contributed by atoms with E-state index in [4.69, 9.17) is 5.11 Å². The minimum atomic E-state index is -1.02. The Labute approximate surface area is 121 Å². The molecule has 0 unspecified atom stereocenters. The molecule has 2 aliphatic rings. The minimum absolute atomic E-state index is 0.0619. The van der Waals surface area contributed by atoms with Gasteiger partial charge in [-0.2, -0.15) is 0 Å². The van der Waals surface area contributed by atoms with Crippen molar-refractivity contribution in [3.05, 3.63) is 29.3 Å². The van der Waals surface area contributed by atoms with Crippen molar-refractivity contribution in [3.63, 3.8) is 0 Å². The second-order valence-corrected chi connectivity index (χ2v) is 5.46. The molecule has 0 saturated heterocycles. The van der Waals surface area contributed by atoms with E-state index in [-0.39, 0.29) is 36.8 Å². The molecule has 6 heteroatoms. The van der Waals surface area contributed by atoms with Crippen molar-refractivity contribution in [2.75, 3.05) is 11.4 Å². The molecule has 2 amide bonds. The summed E-state index contributed by atoms with van der Waals surface area (Å²) in [6.07, 6.45) is 2.55. The first kappa shape index (κ1) is 13.6. The van der Waals surface area contributed by atoms with Gasteiger partial charge in [-0.25, -0.2) is 4.79 Å². The fraction of sp³-hybridized carbons (Fsp3) is 0.400. The van der Waals surface area contributed by atoms with Crippen LogP contribution < -0.4 is 10.2 Å². The molecule has 1 aliphatic heterocycles. The fourth-order valence-corrected chi connectivity index (χ4v) is 2.48. The molecule has 1 heterocycles. The average Bonchev–Trinajstić information content (AvgIpc) is 3.18. The molecule has 3 rings (SSSR count). The molecule has 6 nitrogen and oxygen atoms in total. The van der Waals surface area contributed by atoms with Crippen LogP contribution in [-0.4, -0.2) is 35.5 Å². The number of hydrogen-bond donors (Lipinski definition) is 2. The first-order valence-electron chi connectivity index (χ1n) is 7.00. The van der Waals surface area contributed by atoms with Gasteiger partial charge in [0.1, 0.15) is 0 Å². The van der Waals surface area contributed by atoms with E-state index in [0.29, 0.717) is 11.7 Å². The molecular weight excluding hydrogens is 272 g/mol. The van der Waals surface area contributed by atoms with E-state index in [1.165, 1.54) is 17.0 Å². The van der Waals surface area contributed by atoms with Gasteiger partial charge in [0, 0.05) is 24.7 Å². The lowest BCUT2D eigenvalue weighted by Crippen LogP contribution is -2.33. The summed E-state index contributed by atoms with van der Waals surface area (Å²) < 4.78 is 0. The number of benzene rings is 1. The topological polar surface area (TPSA) is 86.7 Å². The van der Waals surface area contributed by atoms with E-state index in [2.05, 4.69) is 5.32 Å². The van der Waals surface area contributed by atoms with Crippen molar-refractivity contribution in [1.29, 1.82) is 0 Å². The van der Waals surface area contributed by atoms with Gasteiger partial charge >= 0.3 is 5.97 Å². The second kappa shape index (κ2) is 5.20. The third-order valence-corrected chi connectivity index (χ3v) is 3.77. The highest BCUT2D eigenvalue weighted by atomic mass is 16.4. The summed E-state index contributed by atoms with van der Waals surface area (Å²) in [5, 5.41) is 11.9. The summed E-state index contributed by atoms with van der Waals surface area (Å²) in [7, 11) is 0. The normalized spacial score (nSPS) is 16.8. The average molecular weight is 288 g/mol. The molecule has 0 radical (unpaired) electrons. The maximum atomic E-state index is 12.0. The molecule has 0 spiro atoms. The zero-order chi connectivity index (χ0) is 15.0. The van der Waals surface area contributed by atoms with E-state index in [0.717, 1.165) is 18.4 Å². The van der Waals surface area contributed by atoms with Gasteiger partial charge in [-0.15, -0.1) is 0 Å². The van der Waals surface area contributed by atoms with Gasteiger partial charge in [0.25, 0.3) is 0 Å². The number of anilines is 1. The lowest BCUT2D eigenvalue weighted by atomic mass is 10.1. The molecule has 1 fully saturated rings. The van der Waals surface area contributed by atoms with Gasteiger partial charge in [-0.3, -0.25) is 9.59 Å². The standard InChI is InChI=1S/C15H16N2O4/c18-13(16-11-3-4-11)5-6-17-12-7-10(15(20)21)2-1-9(12)8-14(17)19/h1-2,7,11H,3-6,8H2,(H,16,18)(H,20,21). The van der Waals surface area contributed by atoms with Crippen LogP contribution in [0.3, 0.4) is 0 Å². The van der Waals surface area contributed by atoms with Crippen molar-refractivity contribution in [1.82, 2.24) is 5.32 Å². The van der Waals surface area contributed by atoms with E-state index < -0.39 is 5.97 Å². The highest BCUT2D eigenvalue weighted by Crippen LogP contribution is 2.30. The smallest absolute Gasteiger partial charge is 0.335 e. The van der Waals surface area contributed by atoms with Crippen LogP contribution in [0.25, 0.3) is 0 Å². The molecule has 110 valence electrons. The van der Waals surface area contributed by atoms with E-state index in [9.17, 15) is 14.4 Å². The molecule has 1 aliphatic carbocycles. The van der Waals surface area contributed by atoms with Gasteiger partial charge in [0.15, 0.2) is 0 Å². The van der Waals surface area contributed by atoms with Crippen LogP contribution in [0.5, 0.6) is 0 Å². The Morgan fingerprint density at radius 2 is 2.10 bits per heavy atom. The van der Waals surface area contributed by atoms with Gasteiger partial charge in [-0.1, -0.05) is 6.07 Å². The van der Waals surface area contributed by atoms with Gasteiger partial charge in [0.05, 0.1) is 12.0 Å². The zero-order valence-electron chi connectivity index (χ0n) is 11.5. The highest BCUT2D eigenvalue weighted by Gasteiger charge is 2.29. The number of rotatable bonds is 5. The van der Waals surface area contributed by atoms with Gasteiger partial charge < -0.3 is 15.3 Å². The number of carbonyl (C=O) groups excluding carboxylic acids is 2. The van der Waals surface area contributed by atoms with Gasteiger partial charge in [0.2, 0.25) is 11.8 Å². The first-order valence-corrected chi connectivity index (χ1v) is 7.00. The molecule has 1 saturated carbocycles. The maximum absolute atomic E-state index is 12.0. The summed E-state index contributed by atoms with van der Waals surface area (Å²) in [6.45, 7) is 0.285. The molecular formula is C15H16N2O4. The van der Waals surface area contributed by atoms with Crippen molar-refractivity contribution in [3.8, 4) is 0 Å². The third kappa shape index (κ3) is 2.89. The highest BCUT2D eigenvalue weighted by molar-refractivity contribution is 6.03. The summed E-state index contributed by atoms with van der Waals surface area (Å²) in [5.41, 5.74) is 1.57. The van der Waals surface area contributed by atoms with Gasteiger partial charge in [-0.05, 0) is 30.5 Å². The van der Waals surface area contributed by atoms with E-state index >= 15 is 0 Å². The Hall–Kier alpha value is -2.37. The van der Waals surface area contributed by atoms with E-state index in [1.54, 1.807) is 6.07 Å². The largest absolute Gasteiger partial charge is 0.478 e. The summed E-state index contributed by atoms with van der Waals surface area (Å²) >= 11 is 0. The molecule has 0 atom stereocenters. The Balaban J connectivity index is 1.71. The predicted octanol–water partition coefficient (Wildman–Crippen LogP) is 0.943. The monoisotopic (exact) mass is 288 g/mol. The number of nitrogens with one attached hydrogen (secondary N) is 1. The number of nitrogens with zero attached hydrogens (tertiary/aromatic N) is 1. The van der Waals surface area contributed by atoms with Crippen LogP contribution in [-0.2, 0) is 16.0 Å². The lowest BCUT2D eigenvalue weighted by molar-refractivity contribution is -0.121. The van der Waals surface area contributed by atoms with Crippen LogP contribution in [0.4, 0.5) is 5.69 Å². The molecule has 2 N–H and O–H groups in total. The maximum Gasteiger partial charge on any atom is 0.335 e. The van der Waals surface area contributed by atoms with Crippen molar-refractivity contribution in [2.24, 2.45) is 0 Å². The van der Waals surface area contributed by atoms with Crippen LogP contribution in [0.2, 0.25) is 0 Å². The van der Waals surface area contributed by atoms with Crippen LogP contribution >= 0.6 is 0 Å². The van der Waals surface area contributed by atoms with E-state index in [1.807, 2.05) is 0 Å². The van der Waals surface area contributed by atoms with Crippen molar-refractivity contribution < 1.29 is 19.5 Å². The molecule has 1 aromatic rings. The fourth-order valence-electron chi connectivity index (χ4n) is 2.48. The Kier molecular flexibility index (Phi) is 3.37. The van der Waals surface area contributed by atoms with Crippen molar-refractivity contribution in [2.45, 2.75) is 31.7 Å². The van der Waals surface area contributed by atoms with Crippen molar-refractivity contribution >= 4 is 23.5 Å². The molecule has 21 heavy (non-hydrogen) atoms. The SMILES string of the molecule is O=C(CCN1C(=O)Cc2ccc(C(=O)O)cc21)NC1CC1. The number of carboxylic acids is 1. The summed E-state index contributed by atoms with van der Waals surface area (Å²) in [4.78, 5) is 36.2. The molecule has 1 aromatic carbocycles. The molecule has 0 bridgehead atoms. The summed E-state index contributed by atoms with van der Waals surface area (Å²) in [6, 6.07) is 4.97. The second-order valence-electron chi connectivity index (χ2n) is 5.46. The Morgan fingerprint density at radius 1 is 1.33 bits per heavy atom. The number of hydrogen-bond acceptors (Lipinski definition) is 3. The van der Waals surface area contributed by atoms with Crippen LogP contribution in [0, 0.1) is 0 Å². The molecule has 0 aromatic heterocycles. The minimum Gasteiger partial charge on any atom is -0.478 e. The summed E-state index contributed by atoms with van der Waals surface area (Å²) in [5.74, 6) is -1.18. The Bertz CT molecular complexity index is 622. The quantitative estimate of drug-likeness (QED) is 0.844.